The second-order valence-electron chi connectivity index (χ2n) is 7.96. The summed E-state index contributed by atoms with van der Waals surface area (Å²) in [5, 5.41) is 11.7. The van der Waals surface area contributed by atoms with Crippen LogP contribution in [0.25, 0.3) is 10.9 Å². The van der Waals surface area contributed by atoms with Crippen molar-refractivity contribution >= 4 is 22.5 Å². The highest BCUT2D eigenvalue weighted by Gasteiger charge is 2.34. The first-order valence-electron chi connectivity index (χ1n) is 10.8. The lowest BCUT2D eigenvalue weighted by Gasteiger charge is -2.21. The molecule has 0 spiro atoms. The number of para-hydroxylation sites is 1. The lowest BCUT2D eigenvalue weighted by atomic mass is 9.99. The quantitative estimate of drug-likeness (QED) is 0.681. The van der Waals surface area contributed by atoms with Crippen LogP contribution in [0.4, 0.5) is 5.69 Å². The molecular weight excluding hydrogens is 374 g/mol. The maximum Gasteiger partial charge on any atom is 0.253 e. The normalized spacial score (nSPS) is 18.7. The standard InChI is InChI=1S/C25H29N3O2/c1-3-27(4-2)22-13-10-19(11-14-22)25(30)28-16-20(24(29)17-28)15-21-12-9-18-7-5-6-8-23(18)26-21/h5-14,20,24,29H,3-4,15-17H2,1-2H3. The van der Waals surface area contributed by atoms with Gasteiger partial charge in [0.25, 0.3) is 5.91 Å². The van der Waals surface area contributed by atoms with E-state index in [1.165, 1.54) is 0 Å². The van der Waals surface area contributed by atoms with Gasteiger partial charge in [0.1, 0.15) is 0 Å². The minimum absolute atomic E-state index is 0.00226. The molecular formula is C25H29N3O2. The third-order valence-corrected chi connectivity index (χ3v) is 6.06. The van der Waals surface area contributed by atoms with Crippen LogP contribution >= 0.6 is 0 Å². The van der Waals surface area contributed by atoms with Crippen LogP contribution in [0.3, 0.4) is 0 Å². The second kappa shape index (κ2) is 8.84. The van der Waals surface area contributed by atoms with Crippen molar-refractivity contribution in [2.24, 2.45) is 5.92 Å². The fourth-order valence-electron chi connectivity index (χ4n) is 4.30. The van der Waals surface area contributed by atoms with E-state index in [1.54, 1.807) is 4.90 Å². The number of aliphatic hydroxyl groups is 1. The molecule has 0 aliphatic carbocycles. The number of β-amino-alcohol motifs (C(OH)–C–C–N with tert-alkyl or cyclic N) is 1. The van der Waals surface area contributed by atoms with Crippen molar-refractivity contribution in [2.45, 2.75) is 26.4 Å². The van der Waals surface area contributed by atoms with Gasteiger partial charge < -0.3 is 14.9 Å². The Morgan fingerprint density at radius 1 is 1.03 bits per heavy atom. The van der Waals surface area contributed by atoms with E-state index in [0.717, 1.165) is 35.4 Å². The summed E-state index contributed by atoms with van der Waals surface area (Å²) >= 11 is 0. The van der Waals surface area contributed by atoms with Crippen molar-refractivity contribution in [3.63, 3.8) is 0 Å². The molecule has 5 nitrogen and oxygen atoms in total. The minimum Gasteiger partial charge on any atom is -0.391 e. The van der Waals surface area contributed by atoms with E-state index in [4.69, 9.17) is 4.98 Å². The summed E-state index contributed by atoms with van der Waals surface area (Å²) < 4.78 is 0. The smallest absolute Gasteiger partial charge is 0.253 e. The highest BCUT2D eigenvalue weighted by atomic mass is 16.3. The van der Waals surface area contributed by atoms with E-state index in [2.05, 4.69) is 24.8 Å². The van der Waals surface area contributed by atoms with Crippen molar-refractivity contribution < 1.29 is 9.90 Å². The topological polar surface area (TPSA) is 56.7 Å². The average molecular weight is 404 g/mol. The number of amides is 1. The third-order valence-electron chi connectivity index (χ3n) is 6.06. The number of likely N-dealkylation sites (tertiary alicyclic amines) is 1. The molecule has 156 valence electrons. The van der Waals surface area contributed by atoms with Gasteiger partial charge in [-0.05, 0) is 56.7 Å². The first-order chi connectivity index (χ1) is 14.6. The Morgan fingerprint density at radius 3 is 2.50 bits per heavy atom. The van der Waals surface area contributed by atoms with Gasteiger partial charge >= 0.3 is 0 Å². The van der Waals surface area contributed by atoms with E-state index in [1.807, 2.05) is 54.6 Å². The van der Waals surface area contributed by atoms with Crippen LogP contribution in [0.2, 0.25) is 0 Å². The number of hydrogen-bond donors (Lipinski definition) is 1. The van der Waals surface area contributed by atoms with Gasteiger partial charge in [-0.2, -0.15) is 0 Å². The van der Waals surface area contributed by atoms with E-state index in [9.17, 15) is 9.90 Å². The molecule has 2 unspecified atom stereocenters. The van der Waals surface area contributed by atoms with E-state index >= 15 is 0 Å². The SMILES string of the molecule is CCN(CC)c1ccc(C(=O)N2CC(O)C(Cc3ccc4ccccc4n3)C2)cc1. The minimum atomic E-state index is -0.530. The summed E-state index contributed by atoms with van der Waals surface area (Å²) in [6, 6.07) is 19.9. The van der Waals surface area contributed by atoms with Crippen LogP contribution in [0, 0.1) is 5.92 Å². The van der Waals surface area contributed by atoms with E-state index < -0.39 is 6.10 Å². The van der Waals surface area contributed by atoms with Crippen molar-refractivity contribution in [1.29, 1.82) is 0 Å². The zero-order valence-electron chi connectivity index (χ0n) is 17.7. The van der Waals surface area contributed by atoms with Gasteiger partial charge in [-0.25, -0.2) is 0 Å². The number of anilines is 1. The molecule has 3 aromatic rings. The third kappa shape index (κ3) is 4.17. The monoisotopic (exact) mass is 403 g/mol. The average Bonchev–Trinajstić information content (AvgIpc) is 3.14. The molecule has 30 heavy (non-hydrogen) atoms. The lowest BCUT2D eigenvalue weighted by Crippen LogP contribution is -2.29. The largest absolute Gasteiger partial charge is 0.391 e. The number of fused-ring (bicyclic) bond motifs is 1. The number of pyridine rings is 1. The summed E-state index contributed by atoms with van der Waals surface area (Å²) in [5.41, 5.74) is 3.71. The van der Waals surface area contributed by atoms with Crippen LogP contribution in [0.5, 0.6) is 0 Å². The van der Waals surface area contributed by atoms with Gasteiger partial charge in [-0.3, -0.25) is 9.78 Å². The molecule has 2 aromatic carbocycles. The van der Waals surface area contributed by atoms with E-state index in [-0.39, 0.29) is 11.8 Å². The Kier molecular flexibility index (Phi) is 6.00. The summed E-state index contributed by atoms with van der Waals surface area (Å²) in [6.45, 7) is 7.04. The molecule has 1 fully saturated rings. The van der Waals surface area contributed by atoms with Crippen LogP contribution in [0.1, 0.15) is 29.9 Å². The molecule has 1 saturated heterocycles. The molecule has 0 bridgehead atoms. The maximum atomic E-state index is 13.0. The molecule has 4 rings (SSSR count). The predicted molar refractivity (Wildman–Crippen MR) is 121 cm³/mol. The second-order valence-corrected chi connectivity index (χ2v) is 7.96. The Labute approximate surface area is 178 Å². The molecule has 1 aliphatic heterocycles. The number of benzene rings is 2. The van der Waals surface area contributed by atoms with Gasteiger partial charge in [0.15, 0.2) is 0 Å². The molecule has 1 N–H and O–H groups in total. The fourth-order valence-corrected chi connectivity index (χ4v) is 4.30. The summed E-state index contributed by atoms with van der Waals surface area (Å²) in [5.74, 6) is -0.0216. The van der Waals surface area contributed by atoms with Crippen LogP contribution in [-0.4, -0.2) is 53.2 Å². The zero-order valence-corrected chi connectivity index (χ0v) is 17.7. The maximum absolute atomic E-state index is 13.0. The van der Waals surface area contributed by atoms with Gasteiger partial charge in [0.05, 0.1) is 11.6 Å². The number of nitrogens with zero attached hydrogens (tertiary/aromatic N) is 3. The first-order valence-corrected chi connectivity index (χ1v) is 10.8. The van der Waals surface area contributed by atoms with Crippen LogP contribution in [-0.2, 0) is 6.42 Å². The fraction of sp³-hybridized carbons (Fsp3) is 0.360. The molecule has 2 atom stereocenters. The van der Waals surface area contributed by atoms with Crippen LogP contribution < -0.4 is 4.90 Å². The number of hydrogen-bond acceptors (Lipinski definition) is 4. The Hall–Kier alpha value is -2.92. The number of carbonyl (C=O) groups excluding carboxylic acids is 1. The number of carbonyl (C=O) groups is 1. The summed E-state index contributed by atoms with van der Waals surface area (Å²) in [4.78, 5) is 21.7. The van der Waals surface area contributed by atoms with Crippen molar-refractivity contribution in [2.75, 3.05) is 31.1 Å². The van der Waals surface area contributed by atoms with Crippen molar-refractivity contribution in [1.82, 2.24) is 9.88 Å². The van der Waals surface area contributed by atoms with Gasteiger partial charge in [-0.15, -0.1) is 0 Å². The predicted octanol–water partition coefficient (Wildman–Crippen LogP) is 3.76. The Balaban J connectivity index is 1.43. The number of rotatable bonds is 6. The van der Waals surface area contributed by atoms with Gasteiger partial charge in [0.2, 0.25) is 0 Å². The lowest BCUT2D eigenvalue weighted by molar-refractivity contribution is 0.0764. The van der Waals surface area contributed by atoms with E-state index in [0.29, 0.717) is 25.1 Å². The highest BCUT2D eigenvalue weighted by Crippen LogP contribution is 2.24. The van der Waals surface area contributed by atoms with Gasteiger partial charge in [0, 0.05) is 54.4 Å². The number of aliphatic hydroxyl groups excluding tert-OH is 1. The molecule has 0 saturated carbocycles. The van der Waals surface area contributed by atoms with Crippen molar-refractivity contribution in [3.05, 3.63) is 71.9 Å². The zero-order chi connectivity index (χ0) is 21.1. The van der Waals surface area contributed by atoms with Crippen molar-refractivity contribution in [3.8, 4) is 0 Å². The summed E-state index contributed by atoms with van der Waals surface area (Å²) in [6.07, 6.45) is 0.133. The Bertz CT molecular complexity index is 1010. The van der Waals surface area contributed by atoms with Gasteiger partial charge in [-0.1, -0.05) is 24.3 Å². The highest BCUT2D eigenvalue weighted by molar-refractivity contribution is 5.94. The molecule has 1 aromatic heterocycles. The molecule has 2 heterocycles. The molecule has 1 aliphatic rings. The molecule has 0 radical (unpaired) electrons. The number of aromatic nitrogens is 1. The molecule has 5 heteroatoms. The van der Waals surface area contributed by atoms with Crippen LogP contribution in [0.15, 0.2) is 60.7 Å². The summed E-state index contributed by atoms with van der Waals surface area (Å²) in [7, 11) is 0. The first kappa shape index (κ1) is 20.4. The Morgan fingerprint density at radius 2 is 1.77 bits per heavy atom. The molecule has 1 amide bonds.